The van der Waals surface area contributed by atoms with Crippen molar-refractivity contribution in [1.82, 2.24) is 29.3 Å². The van der Waals surface area contributed by atoms with E-state index < -0.39 is 20.8 Å². The molecule has 0 bridgehead atoms. The molecule has 0 aliphatic heterocycles. The third kappa shape index (κ3) is 23.7. The third-order valence-electron chi connectivity index (χ3n) is 5.74. The molecule has 0 radical (unpaired) electrons. The van der Waals surface area contributed by atoms with E-state index in [1.807, 2.05) is 105 Å². The molecular formula is C36H34B2F8N10Ni. The van der Waals surface area contributed by atoms with Gasteiger partial charge in [-0.15, -0.1) is 0 Å². The van der Waals surface area contributed by atoms with Crippen LogP contribution in [0.4, 0.5) is 34.5 Å². The van der Waals surface area contributed by atoms with Crippen molar-refractivity contribution in [3.8, 4) is 58.0 Å². The fourth-order valence-corrected chi connectivity index (χ4v) is 4.05. The van der Waals surface area contributed by atoms with E-state index in [9.17, 15) is 34.5 Å². The second kappa shape index (κ2) is 28.7. The van der Waals surface area contributed by atoms with Gasteiger partial charge in [0.2, 0.25) is 6.29 Å². The van der Waals surface area contributed by atoms with Gasteiger partial charge in [0.25, 0.3) is 0 Å². The Morgan fingerprint density at radius 2 is 0.596 bits per heavy atom. The van der Waals surface area contributed by atoms with Crippen LogP contribution < -0.4 is 0 Å². The van der Waals surface area contributed by atoms with Crippen LogP contribution in [0.2, 0.25) is 0 Å². The van der Waals surface area contributed by atoms with Crippen LogP contribution in [-0.4, -0.2) is 43.9 Å². The predicted octanol–water partition coefficient (Wildman–Crippen LogP) is 10.5. The number of nitriles is 4. The molecule has 0 spiro atoms. The van der Waals surface area contributed by atoms with Crippen molar-refractivity contribution in [3.05, 3.63) is 128 Å². The van der Waals surface area contributed by atoms with Gasteiger partial charge in [-0.3, -0.25) is 0 Å². The smallest absolute Gasteiger partial charge is 0.418 e. The second-order valence-electron chi connectivity index (χ2n) is 9.87. The molecular weight excluding hydrogens is 805 g/mol. The largest absolute Gasteiger partial charge is 2.00 e. The van der Waals surface area contributed by atoms with Gasteiger partial charge in [0.05, 0.1) is 41.4 Å². The molecule has 0 saturated heterocycles. The van der Waals surface area contributed by atoms with E-state index in [0.717, 1.165) is 33.8 Å². The first-order valence-electron chi connectivity index (χ1n) is 15.8. The maximum atomic E-state index is 9.75. The zero-order valence-corrected chi connectivity index (χ0v) is 31.7. The number of hydrogen-bond donors (Lipinski definition) is 0. The molecule has 0 amide bonds. The fraction of sp³-hybridized carbons (Fsp3) is 0.139. The van der Waals surface area contributed by atoms with Crippen molar-refractivity contribution < 1.29 is 51.0 Å². The Balaban J connectivity index is 0. The first-order chi connectivity index (χ1) is 26.5. The van der Waals surface area contributed by atoms with Crippen LogP contribution in [0.5, 0.6) is 0 Å². The average molecular weight is 839 g/mol. The predicted molar refractivity (Wildman–Crippen MR) is 198 cm³/mol. The van der Waals surface area contributed by atoms with Crippen LogP contribution in [0.15, 0.2) is 128 Å². The van der Waals surface area contributed by atoms with Crippen LogP contribution in [0.3, 0.4) is 0 Å². The summed E-state index contributed by atoms with van der Waals surface area (Å²) in [6, 6.07) is 43.6. The Kier molecular flexibility index (Phi) is 26.4. The quantitative estimate of drug-likeness (QED) is 0.120. The molecule has 10 nitrogen and oxygen atoms in total. The van der Waals surface area contributed by atoms with E-state index in [1.165, 1.54) is 27.7 Å². The number of nitrogens with zero attached hydrogens (tertiary/aromatic N) is 10. The topological polar surface area (TPSA) is 149 Å². The average Bonchev–Trinajstić information content (AvgIpc) is 3.93. The molecule has 0 aliphatic carbocycles. The molecule has 0 saturated carbocycles. The molecule has 0 aliphatic rings. The molecule has 6 aromatic rings. The summed E-state index contributed by atoms with van der Waals surface area (Å²) in [5.74, 6) is 0. The summed E-state index contributed by atoms with van der Waals surface area (Å²) in [4.78, 5) is 0. The van der Waals surface area contributed by atoms with Crippen molar-refractivity contribution >= 4 is 14.5 Å². The van der Waals surface area contributed by atoms with Gasteiger partial charge in [-0.25, -0.2) is 14.0 Å². The summed E-state index contributed by atoms with van der Waals surface area (Å²) in [5, 5.41) is 44.0. The number of halogens is 8. The van der Waals surface area contributed by atoms with Gasteiger partial charge in [0.1, 0.15) is 0 Å². The van der Waals surface area contributed by atoms with Gasteiger partial charge < -0.3 is 34.5 Å². The minimum absolute atomic E-state index is 0. The Morgan fingerprint density at radius 1 is 0.421 bits per heavy atom. The summed E-state index contributed by atoms with van der Waals surface area (Å²) in [6.45, 7) is 5.72. The van der Waals surface area contributed by atoms with Gasteiger partial charge in [-0.2, -0.15) is 36.3 Å². The minimum Gasteiger partial charge on any atom is -0.418 e. The zero-order chi connectivity index (χ0) is 42.6. The van der Waals surface area contributed by atoms with E-state index in [0.29, 0.717) is 0 Å². The van der Waals surface area contributed by atoms with Crippen LogP contribution in [-0.2, 0) is 16.5 Å². The molecule has 57 heavy (non-hydrogen) atoms. The van der Waals surface area contributed by atoms with Crippen molar-refractivity contribution in [2.45, 2.75) is 34.0 Å². The zero-order valence-electron chi connectivity index (χ0n) is 30.7. The molecule has 21 heteroatoms. The Bertz CT molecular complexity index is 1860. The van der Waals surface area contributed by atoms with Gasteiger partial charge in [0, 0.05) is 63.0 Å². The van der Waals surface area contributed by atoms with Gasteiger partial charge in [0.15, 0.2) is 0 Å². The van der Waals surface area contributed by atoms with Crippen molar-refractivity contribution in [2.75, 3.05) is 0 Å². The summed E-state index contributed by atoms with van der Waals surface area (Å²) >= 11 is 0. The molecule has 3 aromatic carbocycles. The van der Waals surface area contributed by atoms with Crippen LogP contribution >= 0.6 is 0 Å². The van der Waals surface area contributed by atoms with Crippen molar-refractivity contribution in [1.29, 1.82) is 21.0 Å². The molecule has 0 unspecified atom stereocenters. The molecule has 6 rings (SSSR count). The van der Waals surface area contributed by atoms with Gasteiger partial charge in [-0.1, -0.05) is 91.0 Å². The van der Waals surface area contributed by atoms with Crippen LogP contribution in [0.1, 0.15) is 34.0 Å². The normalized spacial score (nSPS) is 9.35. The Morgan fingerprint density at radius 3 is 0.772 bits per heavy atom. The first kappa shape index (κ1) is 52.4. The summed E-state index contributed by atoms with van der Waals surface area (Å²) < 4.78 is 83.7. The molecule has 3 aromatic heterocycles. The van der Waals surface area contributed by atoms with Crippen molar-refractivity contribution in [3.63, 3.8) is 0 Å². The van der Waals surface area contributed by atoms with E-state index >= 15 is 0 Å². The SMILES string of the molecule is CC#N.CC#N.CC#N.CC#N.F[B-](F)(F)F.F[B-](F)(F)F.[Ni+2].c1ccc(-c2ccn(C(n3ccc(-c4ccccc4)n3)n3ccc(-c4ccccc4)n3)n2)cc1. The summed E-state index contributed by atoms with van der Waals surface area (Å²) in [5.41, 5.74) is 5.90. The Labute approximate surface area is 335 Å². The first-order valence-corrected chi connectivity index (χ1v) is 15.8. The molecule has 300 valence electrons. The number of benzene rings is 3. The number of hydrogen-bond acceptors (Lipinski definition) is 7. The molecule has 0 N–H and O–H groups in total. The van der Waals surface area contributed by atoms with E-state index in [4.69, 9.17) is 36.3 Å². The van der Waals surface area contributed by atoms with Gasteiger partial charge in [-0.05, 0) is 18.2 Å². The minimum atomic E-state index is -6.00. The maximum absolute atomic E-state index is 9.75. The monoisotopic (exact) mass is 838 g/mol. The second-order valence-corrected chi connectivity index (χ2v) is 9.87. The summed E-state index contributed by atoms with van der Waals surface area (Å²) in [6.07, 6.45) is 5.52. The summed E-state index contributed by atoms with van der Waals surface area (Å²) in [7, 11) is -12.0. The standard InChI is InChI=1S/C28H22N6.4C2H3N.2BF4.Ni/c1-4-10-22(11-5-1)25-16-19-32(29-25)28(33-20-17-26(30-33)23-12-6-2-7-13-23)34-21-18-27(31-34)24-14-8-3-9-15-24;4*1-2-3;2*2-1(3,4)5;/h1-21,28H;4*1H3;;;/q;;;;;2*-1;+2. The van der Waals surface area contributed by atoms with Crippen molar-refractivity contribution in [2.24, 2.45) is 0 Å². The van der Waals surface area contributed by atoms with Crippen LogP contribution in [0, 0.1) is 45.3 Å². The Hall–Kier alpha value is -6.69. The molecule has 3 heterocycles. The molecule has 0 fully saturated rings. The number of rotatable bonds is 6. The molecule has 0 atom stereocenters. The maximum Gasteiger partial charge on any atom is 2.00 e. The van der Waals surface area contributed by atoms with Gasteiger partial charge >= 0.3 is 31.0 Å². The van der Waals surface area contributed by atoms with E-state index in [-0.39, 0.29) is 16.5 Å². The number of aromatic nitrogens is 6. The fourth-order valence-electron chi connectivity index (χ4n) is 4.05. The van der Waals surface area contributed by atoms with E-state index in [1.54, 1.807) is 24.3 Å². The van der Waals surface area contributed by atoms with Crippen LogP contribution in [0.25, 0.3) is 33.8 Å². The third-order valence-corrected chi connectivity index (χ3v) is 5.74. The van der Waals surface area contributed by atoms with E-state index in [2.05, 4.69) is 36.4 Å².